The van der Waals surface area contributed by atoms with Gasteiger partial charge in [0, 0.05) is 17.1 Å². The van der Waals surface area contributed by atoms with Crippen molar-refractivity contribution in [1.82, 2.24) is 4.98 Å². The molecule has 0 bridgehead atoms. The number of aromatic nitrogens is 1. The number of carbonyl (C=O) groups is 1. The molecule has 0 saturated carbocycles. The van der Waals surface area contributed by atoms with Crippen molar-refractivity contribution in [2.45, 2.75) is 18.1 Å². The van der Waals surface area contributed by atoms with E-state index in [1.165, 1.54) is 0 Å². The number of H-pyrrole nitrogens is 1. The van der Waals surface area contributed by atoms with Gasteiger partial charge in [0.2, 0.25) is 5.43 Å². The molecule has 0 aliphatic carbocycles. The summed E-state index contributed by atoms with van der Waals surface area (Å²) < 4.78 is 39.8. The van der Waals surface area contributed by atoms with Gasteiger partial charge in [0.1, 0.15) is 0 Å². The van der Waals surface area contributed by atoms with Gasteiger partial charge >= 0.3 is 12.3 Å². The Labute approximate surface area is 107 Å². The van der Waals surface area contributed by atoms with Crippen LogP contribution in [0.5, 0.6) is 5.75 Å². The van der Waals surface area contributed by atoms with Gasteiger partial charge in [-0.3, -0.25) is 9.59 Å². The molecule has 0 radical (unpaired) electrons. The number of ether oxygens (including phenoxy) is 1. The summed E-state index contributed by atoms with van der Waals surface area (Å²) in [6.07, 6.45) is -5.49. The minimum atomic E-state index is -4.99. The first-order valence-corrected chi connectivity index (χ1v) is 5.63. The maximum Gasteiger partial charge on any atom is 0.573 e. The van der Waals surface area contributed by atoms with Gasteiger partial charge < -0.3 is 14.8 Å². The third-order valence-electron chi connectivity index (χ3n) is 1.81. The van der Waals surface area contributed by atoms with Gasteiger partial charge in [-0.15, -0.1) is 13.2 Å². The number of rotatable bonds is 4. The molecule has 0 aromatic carbocycles. The molecule has 0 saturated heterocycles. The first-order chi connectivity index (χ1) is 8.23. The molecule has 2 N–H and O–H groups in total. The largest absolute Gasteiger partial charge is 0.573 e. The average molecular weight is 330 g/mol. The molecule has 18 heavy (non-hydrogen) atoms. The van der Waals surface area contributed by atoms with Gasteiger partial charge in [0.05, 0.1) is 12.1 Å². The minimum absolute atomic E-state index is 0.00326. The van der Waals surface area contributed by atoms with Crippen molar-refractivity contribution in [2.75, 3.05) is 0 Å². The van der Waals surface area contributed by atoms with Crippen LogP contribution in [0.1, 0.15) is 11.4 Å². The Balaban J connectivity index is 3.20. The van der Waals surface area contributed by atoms with E-state index in [9.17, 15) is 22.8 Å². The van der Waals surface area contributed by atoms with Crippen LogP contribution in [-0.4, -0.2) is 22.4 Å². The molecule has 0 fully saturated rings. The number of halogens is 4. The lowest BCUT2D eigenvalue weighted by atomic mass is 10.2. The molecule has 0 atom stereocenters. The number of hydrogen-bond donors (Lipinski definition) is 2. The molecule has 0 amide bonds. The molecule has 0 aliphatic heterocycles. The monoisotopic (exact) mass is 329 g/mol. The third kappa shape index (κ3) is 4.06. The summed E-state index contributed by atoms with van der Waals surface area (Å²) in [5.41, 5.74) is -1.20. The molecular weight excluding hydrogens is 323 g/mol. The maximum absolute atomic E-state index is 12.1. The van der Waals surface area contributed by atoms with E-state index >= 15 is 0 Å². The molecule has 1 aromatic rings. The zero-order valence-electron chi connectivity index (χ0n) is 8.68. The molecule has 0 spiro atoms. The van der Waals surface area contributed by atoms with Crippen molar-refractivity contribution in [2.24, 2.45) is 0 Å². The minimum Gasteiger partial charge on any atom is -0.481 e. The van der Waals surface area contributed by atoms with Crippen LogP contribution in [-0.2, 0) is 16.5 Å². The van der Waals surface area contributed by atoms with E-state index in [-0.39, 0.29) is 16.7 Å². The van der Waals surface area contributed by atoms with E-state index in [1.807, 2.05) is 0 Å². The van der Waals surface area contributed by atoms with Crippen LogP contribution in [0, 0.1) is 0 Å². The predicted molar refractivity (Wildman–Crippen MR) is 57.7 cm³/mol. The number of aliphatic carboxylic acids is 1. The Morgan fingerprint density at radius 1 is 1.50 bits per heavy atom. The van der Waals surface area contributed by atoms with Gasteiger partial charge in [-0.2, -0.15) is 0 Å². The molecule has 5 nitrogen and oxygen atoms in total. The number of carboxylic acids is 1. The van der Waals surface area contributed by atoms with Crippen molar-refractivity contribution in [3.05, 3.63) is 27.7 Å². The van der Waals surface area contributed by atoms with Crippen LogP contribution >= 0.6 is 15.9 Å². The van der Waals surface area contributed by atoms with Crippen molar-refractivity contribution in [3.8, 4) is 5.75 Å². The number of carboxylic acid groups (broad SMARTS) is 1. The molecule has 0 unspecified atom stereocenters. The molecular formula is C9H7BrF3NO4. The van der Waals surface area contributed by atoms with Crippen LogP contribution in [0.3, 0.4) is 0 Å². The van der Waals surface area contributed by atoms with E-state index in [2.05, 4.69) is 25.7 Å². The Morgan fingerprint density at radius 2 is 2.11 bits per heavy atom. The number of alkyl halides is 4. The van der Waals surface area contributed by atoms with Crippen molar-refractivity contribution in [3.63, 3.8) is 0 Å². The second-order valence-electron chi connectivity index (χ2n) is 3.22. The van der Waals surface area contributed by atoms with E-state index < -0.39 is 29.9 Å². The molecule has 100 valence electrons. The highest BCUT2D eigenvalue weighted by Gasteiger charge is 2.33. The van der Waals surface area contributed by atoms with Crippen LogP contribution in [0.25, 0.3) is 0 Å². The topological polar surface area (TPSA) is 79.4 Å². The average Bonchev–Trinajstić information content (AvgIpc) is 2.19. The second kappa shape index (κ2) is 5.42. The standard InChI is InChI=1S/C9H7BrF3NO4/c10-3-5-8(18-9(11,12)13)6(15)1-4(14-5)2-7(16)17/h1H,2-3H2,(H,14,15)(H,16,17). The molecule has 9 heteroatoms. The first-order valence-electron chi connectivity index (χ1n) is 4.51. The second-order valence-corrected chi connectivity index (χ2v) is 3.78. The highest BCUT2D eigenvalue weighted by molar-refractivity contribution is 9.08. The van der Waals surface area contributed by atoms with E-state index in [0.29, 0.717) is 0 Å². The van der Waals surface area contributed by atoms with Gasteiger partial charge in [-0.1, -0.05) is 15.9 Å². The summed E-state index contributed by atoms with van der Waals surface area (Å²) in [7, 11) is 0. The Hall–Kier alpha value is -1.51. The quantitative estimate of drug-likeness (QED) is 0.825. The third-order valence-corrected chi connectivity index (χ3v) is 2.37. The number of nitrogens with one attached hydrogen (secondary N) is 1. The summed E-state index contributed by atoms with van der Waals surface area (Å²) in [6.45, 7) is 0. The van der Waals surface area contributed by atoms with Crippen molar-refractivity contribution < 1.29 is 27.8 Å². The van der Waals surface area contributed by atoms with Crippen molar-refractivity contribution in [1.29, 1.82) is 0 Å². The SMILES string of the molecule is O=C(O)Cc1cc(=O)c(OC(F)(F)F)c(CBr)[nH]1. The lowest BCUT2D eigenvalue weighted by Gasteiger charge is -2.12. The van der Waals surface area contributed by atoms with Gasteiger partial charge in [-0.25, -0.2) is 0 Å². The normalized spacial score (nSPS) is 11.3. The summed E-state index contributed by atoms with van der Waals surface area (Å²) in [6, 6.07) is 0.765. The predicted octanol–water partition coefficient (Wildman–Crippen LogP) is 1.80. The Morgan fingerprint density at radius 3 is 2.56 bits per heavy atom. The molecule has 0 aliphatic rings. The van der Waals surface area contributed by atoms with E-state index in [1.54, 1.807) is 0 Å². The van der Waals surface area contributed by atoms with E-state index in [0.717, 1.165) is 6.07 Å². The zero-order valence-corrected chi connectivity index (χ0v) is 10.3. The molecule has 1 heterocycles. The van der Waals surface area contributed by atoms with Crippen molar-refractivity contribution >= 4 is 21.9 Å². The zero-order chi connectivity index (χ0) is 13.9. The summed E-state index contributed by atoms with van der Waals surface area (Å²) >= 11 is 2.89. The fourth-order valence-corrected chi connectivity index (χ4v) is 1.63. The highest BCUT2D eigenvalue weighted by atomic mass is 79.9. The fourth-order valence-electron chi connectivity index (χ4n) is 1.24. The number of hydrogen-bond acceptors (Lipinski definition) is 3. The maximum atomic E-state index is 12.1. The first kappa shape index (κ1) is 14.6. The fraction of sp³-hybridized carbons (Fsp3) is 0.333. The van der Waals surface area contributed by atoms with Crippen LogP contribution in [0.2, 0.25) is 0 Å². The lowest BCUT2D eigenvalue weighted by Crippen LogP contribution is -2.24. The lowest BCUT2D eigenvalue weighted by molar-refractivity contribution is -0.275. The Kier molecular flexibility index (Phi) is 4.38. The molecule has 1 aromatic heterocycles. The number of pyridine rings is 1. The molecule has 1 rings (SSSR count). The highest BCUT2D eigenvalue weighted by Crippen LogP contribution is 2.23. The van der Waals surface area contributed by atoms with Crippen LogP contribution < -0.4 is 10.2 Å². The van der Waals surface area contributed by atoms with Gasteiger partial charge in [0.25, 0.3) is 0 Å². The summed E-state index contributed by atoms with van der Waals surface area (Å²) in [4.78, 5) is 24.3. The van der Waals surface area contributed by atoms with Crippen LogP contribution in [0.4, 0.5) is 13.2 Å². The summed E-state index contributed by atoms with van der Waals surface area (Å²) in [5.74, 6) is -2.11. The van der Waals surface area contributed by atoms with Crippen LogP contribution in [0.15, 0.2) is 10.9 Å². The van der Waals surface area contributed by atoms with Gasteiger partial charge in [0.15, 0.2) is 5.75 Å². The summed E-state index contributed by atoms with van der Waals surface area (Å²) in [5, 5.41) is 8.42. The van der Waals surface area contributed by atoms with Gasteiger partial charge in [-0.05, 0) is 0 Å². The van der Waals surface area contributed by atoms with E-state index in [4.69, 9.17) is 5.11 Å². The smallest absolute Gasteiger partial charge is 0.481 e. The Bertz CT molecular complexity index is 512. The number of aromatic amines is 1.